The minimum atomic E-state index is -0.0447. The van der Waals surface area contributed by atoms with Gasteiger partial charge in [-0.05, 0) is 38.0 Å². The van der Waals surface area contributed by atoms with Crippen molar-refractivity contribution in [1.29, 1.82) is 0 Å². The second kappa shape index (κ2) is 11.0. The maximum Gasteiger partial charge on any atom is 0.251 e. The van der Waals surface area contributed by atoms with Crippen LogP contribution in [0.15, 0.2) is 65.8 Å². The molecule has 1 amide bonds. The third-order valence-electron chi connectivity index (χ3n) is 4.72. The SMILES string of the molecule is CCCN(C)c1cc(-c2ccccc2)nc(SCc2ccc(C(=O)NC(C)C)cc2)n1. The van der Waals surface area contributed by atoms with Crippen LogP contribution in [-0.2, 0) is 5.75 Å². The summed E-state index contributed by atoms with van der Waals surface area (Å²) in [6.45, 7) is 7.02. The number of rotatable bonds is 9. The highest BCUT2D eigenvalue weighted by Crippen LogP contribution is 2.27. The Labute approximate surface area is 189 Å². The molecule has 0 saturated carbocycles. The molecule has 0 bridgehead atoms. The van der Waals surface area contributed by atoms with E-state index in [1.54, 1.807) is 11.8 Å². The lowest BCUT2D eigenvalue weighted by Crippen LogP contribution is -2.29. The molecule has 0 unspecified atom stereocenters. The predicted octanol–water partition coefficient (Wildman–Crippen LogP) is 5.42. The average Bonchev–Trinajstić information content (AvgIpc) is 2.78. The second-order valence-electron chi connectivity index (χ2n) is 7.80. The standard InChI is InChI=1S/C25H30N4OS/c1-5-15-29(4)23-16-22(20-9-7-6-8-10-20)27-25(28-23)31-17-19-11-13-21(14-12-19)24(30)26-18(2)3/h6-14,16,18H,5,15,17H2,1-4H3,(H,26,30). The molecule has 31 heavy (non-hydrogen) atoms. The van der Waals surface area contributed by atoms with Gasteiger partial charge >= 0.3 is 0 Å². The number of nitrogens with zero attached hydrogens (tertiary/aromatic N) is 3. The molecule has 162 valence electrons. The minimum absolute atomic E-state index is 0.0447. The van der Waals surface area contributed by atoms with Crippen LogP contribution in [0.25, 0.3) is 11.3 Å². The van der Waals surface area contributed by atoms with E-state index in [0.29, 0.717) is 5.56 Å². The van der Waals surface area contributed by atoms with Crippen molar-refractivity contribution >= 4 is 23.5 Å². The molecule has 0 atom stereocenters. The lowest BCUT2D eigenvalue weighted by molar-refractivity contribution is 0.0943. The van der Waals surface area contributed by atoms with Crippen molar-refractivity contribution < 1.29 is 4.79 Å². The van der Waals surface area contributed by atoms with Crippen molar-refractivity contribution in [2.45, 2.75) is 44.1 Å². The van der Waals surface area contributed by atoms with E-state index in [1.807, 2.05) is 56.3 Å². The van der Waals surface area contributed by atoms with E-state index in [2.05, 4.69) is 42.4 Å². The molecule has 0 aliphatic carbocycles. The van der Waals surface area contributed by atoms with Gasteiger partial charge in [-0.1, -0.05) is 61.2 Å². The monoisotopic (exact) mass is 434 g/mol. The number of nitrogens with one attached hydrogen (secondary N) is 1. The molecular weight excluding hydrogens is 404 g/mol. The van der Waals surface area contributed by atoms with Gasteiger partial charge in [0.05, 0.1) is 5.69 Å². The molecule has 0 saturated heterocycles. The van der Waals surface area contributed by atoms with E-state index in [-0.39, 0.29) is 11.9 Å². The Balaban J connectivity index is 1.77. The topological polar surface area (TPSA) is 58.1 Å². The van der Waals surface area contributed by atoms with Crippen LogP contribution in [0.2, 0.25) is 0 Å². The molecule has 5 nitrogen and oxygen atoms in total. The zero-order chi connectivity index (χ0) is 22.2. The van der Waals surface area contributed by atoms with Crippen LogP contribution >= 0.6 is 11.8 Å². The van der Waals surface area contributed by atoms with Gasteiger partial charge in [0.15, 0.2) is 5.16 Å². The minimum Gasteiger partial charge on any atom is -0.360 e. The molecule has 0 spiro atoms. The Bertz CT molecular complexity index is 990. The van der Waals surface area contributed by atoms with E-state index < -0.39 is 0 Å². The highest BCUT2D eigenvalue weighted by Gasteiger charge is 2.11. The zero-order valence-corrected chi connectivity index (χ0v) is 19.4. The Morgan fingerprint density at radius 3 is 2.42 bits per heavy atom. The number of amides is 1. The van der Waals surface area contributed by atoms with Crippen LogP contribution < -0.4 is 10.2 Å². The molecule has 1 aromatic heterocycles. The van der Waals surface area contributed by atoms with Gasteiger partial charge in [-0.3, -0.25) is 4.79 Å². The molecule has 0 aliphatic heterocycles. The third-order valence-corrected chi connectivity index (χ3v) is 5.63. The molecular formula is C25H30N4OS. The van der Waals surface area contributed by atoms with Crippen LogP contribution in [0.4, 0.5) is 5.82 Å². The molecule has 3 aromatic rings. The van der Waals surface area contributed by atoms with Crippen LogP contribution in [0.1, 0.15) is 43.1 Å². The Hall–Kier alpha value is -2.86. The first-order valence-electron chi connectivity index (χ1n) is 10.6. The fourth-order valence-electron chi connectivity index (χ4n) is 3.13. The molecule has 3 rings (SSSR count). The highest BCUT2D eigenvalue weighted by molar-refractivity contribution is 7.98. The lowest BCUT2D eigenvalue weighted by Gasteiger charge is -2.18. The number of aromatic nitrogens is 2. The van der Waals surface area contributed by atoms with Gasteiger partial charge in [0.1, 0.15) is 5.82 Å². The lowest BCUT2D eigenvalue weighted by atomic mass is 10.1. The largest absolute Gasteiger partial charge is 0.360 e. The summed E-state index contributed by atoms with van der Waals surface area (Å²) < 4.78 is 0. The molecule has 0 aliphatic rings. The van der Waals surface area contributed by atoms with E-state index >= 15 is 0 Å². The summed E-state index contributed by atoms with van der Waals surface area (Å²) in [6, 6.07) is 20.1. The van der Waals surface area contributed by atoms with E-state index in [1.165, 1.54) is 0 Å². The summed E-state index contributed by atoms with van der Waals surface area (Å²) in [7, 11) is 2.07. The molecule has 6 heteroatoms. The number of hydrogen-bond acceptors (Lipinski definition) is 5. The first kappa shape index (κ1) is 22.8. The normalized spacial score (nSPS) is 10.9. The van der Waals surface area contributed by atoms with Gasteiger partial charge in [0.25, 0.3) is 5.91 Å². The summed E-state index contributed by atoms with van der Waals surface area (Å²) in [5, 5.41) is 3.67. The van der Waals surface area contributed by atoms with Gasteiger partial charge in [0.2, 0.25) is 0 Å². The molecule has 0 fully saturated rings. The number of carbonyl (C=O) groups excluding carboxylic acids is 1. The summed E-state index contributed by atoms with van der Waals surface area (Å²) in [6.07, 6.45) is 1.06. The van der Waals surface area contributed by atoms with E-state index in [9.17, 15) is 4.79 Å². The second-order valence-corrected chi connectivity index (χ2v) is 8.74. The van der Waals surface area contributed by atoms with Crippen LogP contribution in [0, 0.1) is 0 Å². The maximum absolute atomic E-state index is 12.1. The summed E-state index contributed by atoms with van der Waals surface area (Å²) in [5.74, 6) is 1.62. The smallest absolute Gasteiger partial charge is 0.251 e. The quantitative estimate of drug-likeness (QED) is 0.360. The van der Waals surface area contributed by atoms with Gasteiger partial charge in [-0.15, -0.1) is 0 Å². The number of benzene rings is 2. The number of thioether (sulfide) groups is 1. The van der Waals surface area contributed by atoms with Crippen LogP contribution in [-0.4, -0.2) is 35.5 Å². The van der Waals surface area contributed by atoms with E-state index in [4.69, 9.17) is 9.97 Å². The first-order chi connectivity index (χ1) is 15.0. The van der Waals surface area contributed by atoms with Gasteiger partial charge < -0.3 is 10.2 Å². The third kappa shape index (κ3) is 6.56. The summed E-state index contributed by atoms with van der Waals surface area (Å²) >= 11 is 1.61. The number of carbonyl (C=O) groups is 1. The van der Waals surface area contributed by atoms with Crippen molar-refractivity contribution in [3.05, 3.63) is 71.8 Å². The van der Waals surface area contributed by atoms with Crippen molar-refractivity contribution in [3.63, 3.8) is 0 Å². The van der Waals surface area contributed by atoms with Crippen molar-refractivity contribution in [2.75, 3.05) is 18.5 Å². The fourth-order valence-corrected chi connectivity index (χ4v) is 3.93. The van der Waals surface area contributed by atoms with Crippen molar-refractivity contribution in [3.8, 4) is 11.3 Å². The maximum atomic E-state index is 12.1. The van der Waals surface area contributed by atoms with Crippen molar-refractivity contribution in [1.82, 2.24) is 15.3 Å². The molecule has 1 N–H and O–H groups in total. The van der Waals surface area contributed by atoms with Gasteiger partial charge in [-0.2, -0.15) is 0 Å². The summed E-state index contributed by atoms with van der Waals surface area (Å²) in [4.78, 5) is 23.9. The highest BCUT2D eigenvalue weighted by atomic mass is 32.2. The number of anilines is 1. The Kier molecular flexibility index (Phi) is 8.06. The Morgan fingerprint density at radius 1 is 1.06 bits per heavy atom. The first-order valence-corrected chi connectivity index (χ1v) is 11.6. The van der Waals surface area contributed by atoms with Crippen LogP contribution in [0.3, 0.4) is 0 Å². The summed E-state index contributed by atoms with van der Waals surface area (Å²) in [5.41, 5.74) is 3.81. The van der Waals surface area contributed by atoms with Gasteiger partial charge in [0, 0.05) is 42.6 Å². The molecule has 2 aromatic carbocycles. The van der Waals surface area contributed by atoms with Crippen molar-refractivity contribution in [2.24, 2.45) is 0 Å². The molecule has 1 heterocycles. The van der Waals surface area contributed by atoms with Crippen LogP contribution in [0.5, 0.6) is 0 Å². The Morgan fingerprint density at radius 2 is 1.77 bits per heavy atom. The van der Waals surface area contributed by atoms with Gasteiger partial charge in [-0.25, -0.2) is 9.97 Å². The average molecular weight is 435 g/mol. The fraction of sp³-hybridized carbons (Fsp3) is 0.320. The number of hydrogen-bond donors (Lipinski definition) is 1. The predicted molar refractivity (Wildman–Crippen MR) is 130 cm³/mol. The van der Waals surface area contributed by atoms with E-state index in [0.717, 1.165) is 46.5 Å². The zero-order valence-electron chi connectivity index (χ0n) is 18.6. The molecule has 0 radical (unpaired) electrons.